The molecule has 32 heavy (non-hydrogen) atoms. The van der Waals surface area contributed by atoms with E-state index in [1.54, 1.807) is 54.6 Å². The number of carbonyl (C=O) groups is 1. The molecule has 168 valence electrons. The molecule has 0 radical (unpaired) electrons. The first kappa shape index (κ1) is 23.4. The molecule has 0 heterocycles. The van der Waals surface area contributed by atoms with Crippen LogP contribution in [0.15, 0.2) is 77.7 Å². The predicted octanol–water partition coefficient (Wildman–Crippen LogP) is 4.95. The number of nitrogens with one attached hydrogen (secondary N) is 2. The molecular formula is C23H23ClN2O5S. The average molecular weight is 475 g/mol. The summed E-state index contributed by atoms with van der Waals surface area (Å²) in [4.78, 5) is 12.3. The average Bonchev–Trinajstić information content (AvgIpc) is 2.75. The Morgan fingerprint density at radius 3 is 2.25 bits per heavy atom. The first-order valence-corrected chi connectivity index (χ1v) is 11.8. The van der Waals surface area contributed by atoms with Gasteiger partial charge in [0.25, 0.3) is 10.0 Å². The van der Waals surface area contributed by atoms with Crippen LogP contribution < -0.4 is 19.5 Å². The Morgan fingerprint density at radius 2 is 1.56 bits per heavy atom. The lowest BCUT2D eigenvalue weighted by Crippen LogP contribution is -2.16. The molecule has 0 aliphatic rings. The van der Waals surface area contributed by atoms with Crippen LogP contribution in [0.3, 0.4) is 0 Å². The van der Waals surface area contributed by atoms with Gasteiger partial charge in [0.2, 0.25) is 5.91 Å². The van der Waals surface area contributed by atoms with Crippen molar-refractivity contribution < 1.29 is 22.7 Å². The summed E-state index contributed by atoms with van der Waals surface area (Å²) >= 11 is 5.90. The van der Waals surface area contributed by atoms with Gasteiger partial charge in [-0.3, -0.25) is 9.52 Å². The summed E-state index contributed by atoms with van der Waals surface area (Å²) in [5, 5.41) is 3.10. The highest BCUT2D eigenvalue weighted by atomic mass is 35.5. The maximum atomic E-state index is 12.6. The number of halogens is 1. The number of sulfonamides is 1. The van der Waals surface area contributed by atoms with E-state index < -0.39 is 10.0 Å². The maximum absolute atomic E-state index is 12.6. The largest absolute Gasteiger partial charge is 0.494 e. The molecule has 0 saturated carbocycles. The third-order valence-corrected chi connectivity index (χ3v) is 5.85. The molecule has 0 aromatic heterocycles. The van der Waals surface area contributed by atoms with E-state index in [0.717, 1.165) is 5.75 Å². The minimum atomic E-state index is -3.84. The Morgan fingerprint density at radius 1 is 0.906 bits per heavy atom. The highest BCUT2D eigenvalue weighted by Gasteiger charge is 2.15. The van der Waals surface area contributed by atoms with Gasteiger partial charge >= 0.3 is 0 Å². The molecule has 0 bridgehead atoms. The molecule has 0 saturated heterocycles. The van der Waals surface area contributed by atoms with Crippen molar-refractivity contribution in [2.45, 2.75) is 18.2 Å². The van der Waals surface area contributed by atoms with Crippen LogP contribution in [0.4, 0.5) is 11.4 Å². The first-order valence-electron chi connectivity index (χ1n) is 9.90. The highest BCUT2D eigenvalue weighted by Crippen LogP contribution is 2.22. The molecule has 0 spiro atoms. The monoisotopic (exact) mass is 474 g/mol. The van der Waals surface area contributed by atoms with Gasteiger partial charge in [0, 0.05) is 10.7 Å². The van der Waals surface area contributed by atoms with Gasteiger partial charge < -0.3 is 14.8 Å². The van der Waals surface area contributed by atoms with Gasteiger partial charge in [0.15, 0.2) is 0 Å². The molecule has 3 rings (SSSR count). The number of anilines is 2. The number of benzene rings is 3. The van der Waals surface area contributed by atoms with Crippen LogP contribution in [0.5, 0.6) is 11.5 Å². The molecule has 2 N–H and O–H groups in total. The molecule has 7 nitrogen and oxygen atoms in total. The number of hydrogen-bond acceptors (Lipinski definition) is 5. The van der Waals surface area contributed by atoms with E-state index in [9.17, 15) is 13.2 Å². The fourth-order valence-corrected chi connectivity index (χ4v) is 4.08. The van der Waals surface area contributed by atoms with Crippen LogP contribution in [0.2, 0.25) is 5.02 Å². The van der Waals surface area contributed by atoms with Crippen molar-refractivity contribution in [2.24, 2.45) is 0 Å². The third kappa shape index (κ3) is 6.90. The molecule has 0 aliphatic heterocycles. The van der Waals surface area contributed by atoms with E-state index in [2.05, 4.69) is 10.0 Å². The molecule has 0 aliphatic carbocycles. The van der Waals surface area contributed by atoms with Crippen LogP contribution in [-0.4, -0.2) is 27.5 Å². The highest BCUT2D eigenvalue weighted by molar-refractivity contribution is 7.92. The minimum absolute atomic E-state index is 0.0147. The molecular weight excluding hydrogens is 452 g/mol. The maximum Gasteiger partial charge on any atom is 0.261 e. The van der Waals surface area contributed by atoms with E-state index in [-0.39, 0.29) is 23.8 Å². The zero-order valence-corrected chi connectivity index (χ0v) is 18.9. The van der Waals surface area contributed by atoms with Crippen molar-refractivity contribution >= 4 is 38.9 Å². The molecule has 0 fully saturated rings. The van der Waals surface area contributed by atoms with Crippen molar-refractivity contribution in [3.8, 4) is 11.5 Å². The van der Waals surface area contributed by atoms with Gasteiger partial charge in [0.1, 0.15) is 11.5 Å². The van der Waals surface area contributed by atoms with E-state index in [4.69, 9.17) is 21.1 Å². The summed E-state index contributed by atoms with van der Waals surface area (Å²) in [5.41, 5.74) is 0.711. The van der Waals surface area contributed by atoms with Gasteiger partial charge in [-0.2, -0.15) is 0 Å². The second-order valence-electron chi connectivity index (χ2n) is 6.69. The lowest BCUT2D eigenvalue weighted by molar-refractivity contribution is -0.116. The summed E-state index contributed by atoms with van der Waals surface area (Å²) in [7, 11) is -3.84. The smallest absolute Gasteiger partial charge is 0.261 e. The van der Waals surface area contributed by atoms with Crippen molar-refractivity contribution in [1.29, 1.82) is 0 Å². The lowest BCUT2D eigenvalue weighted by Gasteiger charge is -2.11. The predicted molar refractivity (Wildman–Crippen MR) is 125 cm³/mol. The molecule has 0 unspecified atom stereocenters. The van der Waals surface area contributed by atoms with E-state index in [1.807, 2.05) is 6.92 Å². The molecule has 3 aromatic rings. The van der Waals surface area contributed by atoms with Crippen molar-refractivity contribution in [3.63, 3.8) is 0 Å². The van der Waals surface area contributed by atoms with E-state index >= 15 is 0 Å². The van der Waals surface area contributed by atoms with Gasteiger partial charge in [-0.1, -0.05) is 23.7 Å². The number of ether oxygens (including phenoxy) is 2. The van der Waals surface area contributed by atoms with Gasteiger partial charge in [-0.25, -0.2) is 8.42 Å². The zero-order valence-electron chi connectivity index (χ0n) is 17.4. The second-order valence-corrected chi connectivity index (χ2v) is 8.81. The van der Waals surface area contributed by atoms with Gasteiger partial charge in [0.05, 0.1) is 30.2 Å². The van der Waals surface area contributed by atoms with E-state index in [1.165, 1.54) is 18.2 Å². The van der Waals surface area contributed by atoms with Crippen molar-refractivity contribution in [1.82, 2.24) is 0 Å². The van der Waals surface area contributed by atoms with Gasteiger partial charge in [-0.05, 0) is 67.6 Å². The van der Waals surface area contributed by atoms with Crippen molar-refractivity contribution in [2.75, 3.05) is 23.3 Å². The quantitative estimate of drug-likeness (QED) is 0.433. The summed E-state index contributed by atoms with van der Waals surface area (Å²) in [6.45, 7) is 2.66. The fraction of sp³-hybridized carbons (Fsp3) is 0.174. The summed E-state index contributed by atoms with van der Waals surface area (Å²) in [6, 6.07) is 19.5. The zero-order chi connectivity index (χ0) is 23.0. The topological polar surface area (TPSA) is 93.7 Å². The molecule has 1 amide bonds. The number of amides is 1. The number of hydrogen-bond donors (Lipinski definition) is 2. The standard InChI is InChI=1S/C23H23ClN2O5S/c1-2-30-20-9-11-21(12-10-20)31-14-13-23(27)25-18-6-4-8-22(16-18)32(28,29)26-19-7-3-5-17(24)15-19/h3-12,15-16,26H,2,13-14H2,1H3,(H,25,27). The van der Waals surface area contributed by atoms with E-state index in [0.29, 0.717) is 28.8 Å². The minimum Gasteiger partial charge on any atom is -0.494 e. The van der Waals surface area contributed by atoms with Crippen LogP contribution >= 0.6 is 11.6 Å². The molecule has 0 atom stereocenters. The van der Waals surface area contributed by atoms with Crippen LogP contribution in [0.25, 0.3) is 0 Å². The van der Waals surface area contributed by atoms with Crippen molar-refractivity contribution in [3.05, 3.63) is 77.8 Å². The second kappa shape index (κ2) is 10.9. The number of rotatable bonds is 10. The Hall–Kier alpha value is -3.23. The molecule has 3 aromatic carbocycles. The summed E-state index contributed by atoms with van der Waals surface area (Å²) in [5.74, 6) is 1.08. The third-order valence-electron chi connectivity index (χ3n) is 4.24. The number of carbonyl (C=O) groups excluding carboxylic acids is 1. The van der Waals surface area contributed by atoms with Crippen LogP contribution in [0.1, 0.15) is 13.3 Å². The Kier molecular flexibility index (Phi) is 7.97. The first-order chi connectivity index (χ1) is 15.4. The normalized spacial score (nSPS) is 10.9. The summed E-state index contributed by atoms with van der Waals surface area (Å²) < 4.78 is 38.7. The van der Waals surface area contributed by atoms with Gasteiger partial charge in [-0.15, -0.1) is 0 Å². The SMILES string of the molecule is CCOc1ccc(OCCC(=O)Nc2cccc(S(=O)(=O)Nc3cccc(Cl)c3)c2)cc1. The Bertz CT molecular complexity index is 1170. The van der Waals surface area contributed by atoms with Crippen LogP contribution in [0, 0.1) is 0 Å². The Balaban J connectivity index is 1.55. The van der Waals surface area contributed by atoms with Crippen LogP contribution in [-0.2, 0) is 14.8 Å². The Labute approximate surface area is 192 Å². The lowest BCUT2D eigenvalue weighted by atomic mass is 10.3. The summed E-state index contributed by atoms with van der Waals surface area (Å²) in [6.07, 6.45) is 0.102. The molecule has 9 heteroatoms. The fourth-order valence-electron chi connectivity index (χ4n) is 2.79.